The molecule has 0 saturated heterocycles. The standard InChI is InChI=1S/C11H13ClFNO3S/c1-6(18(2)17)5-14-11(16)8-3-7(13)4-9(12)10(8)15/h3-4,6,15H,5H2,1-2H3,(H,14,16)/t6-,18-/m0/s1. The van der Waals surface area contributed by atoms with E-state index in [0.29, 0.717) is 0 Å². The van der Waals surface area contributed by atoms with E-state index in [4.69, 9.17) is 11.6 Å². The van der Waals surface area contributed by atoms with Crippen LogP contribution in [0.3, 0.4) is 0 Å². The molecule has 0 unspecified atom stereocenters. The van der Waals surface area contributed by atoms with Crippen molar-refractivity contribution in [3.05, 3.63) is 28.5 Å². The lowest BCUT2D eigenvalue weighted by molar-refractivity contribution is 0.0951. The number of hydrogen-bond donors (Lipinski definition) is 2. The second-order valence-electron chi connectivity index (χ2n) is 3.80. The maximum Gasteiger partial charge on any atom is 0.255 e. The van der Waals surface area contributed by atoms with E-state index >= 15 is 0 Å². The average Bonchev–Trinajstić information content (AvgIpc) is 2.29. The molecule has 0 radical (unpaired) electrons. The number of rotatable bonds is 4. The summed E-state index contributed by atoms with van der Waals surface area (Å²) in [6, 6.07) is 1.81. The van der Waals surface area contributed by atoms with Crippen molar-refractivity contribution in [1.29, 1.82) is 0 Å². The zero-order chi connectivity index (χ0) is 13.9. The average molecular weight is 294 g/mol. The highest BCUT2D eigenvalue weighted by Gasteiger charge is 2.17. The highest BCUT2D eigenvalue weighted by atomic mass is 35.5. The second kappa shape index (κ2) is 6.15. The third-order valence-electron chi connectivity index (χ3n) is 2.39. The van der Waals surface area contributed by atoms with Gasteiger partial charge in [-0.3, -0.25) is 9.00 Å². The van der Waals surface area contributed by atoms with Crippen LogP contribution in [0.1, 0.15) is 17.3 Å². The Morgan fingerprint density at radius 3 is 2.78 bits per heavy atom. The molecule has 0 heterocycles. The fraction of sp³-hybridized carbons (Fsp3) is 0.364. The monoisotopic (exact) mass is 293 g/mol. The van der Waals surface area contributed by atoms with Gasteiger partial charge in [-0.1, -0.05) is 11.6 Å². The molecule has 0 saturated carbocycles. The Kier molecular flexibility index (Phi) is 5.10. The molecule has 0 aliphatic heterocycles. The summed E-state index contributed by atoms with van der Waals surface area (Å²) < 4.78 is 24.2. The lowest BCUT2D eigenvalue weighted by Gasteiger charge is -2.11. The van der Waals surface area contributed by atoms with Crippen molar-refractivity contribution >= 4 is 28.3 Å². The predicted molar refractivity (Wildman–Crippen MR) is 68.9 cm³/mol. The number of aromatic hydroxyl groups is 1. The molecular formula is C11H13ClFNO3S. The van der Waals surface area contributed by atoms with Crippen molar-refractivity contribution in [2.24, 2.45) is 0 Å². The van der Waals surface area contributed by atoms with Crippen LogP contribution < -0.4 is 5.32 Å². The largest absolute Gasteiger partial charge is 0.506 e. The molecular weight excluding hydrogens is 281 g/mol. The fourth-order valence-electron chi connectivity index (χ4n) is 1.19. The quantitative estimate of drug-likeness (QED) is 0.888. The lowest BCUT2D eigenvalue weighted by atomic mass is 10.2. The van der Waals surface area contributed by atoms with Crippen LogP contribution in [-0.2, 0) is 10.8 Å². The lowest BCUT2D eigenvalue weighted by Crippen LogP contribution is -2.32. The molecule has 1 aromatic rings. The minimum atomic E-state index is -1.07. The van der Waals surface area contributed by atoms with Gasteiger partial charge in [0.2, 0.25) is 0 Å². The molecule has 0 aliphatic carbocycles. The summed E-state index contributed by atoms with van der Waals surface area (Å²) in [5.74, 6) is -1.85. The first-order chi connectivity index (χ1) is 8.32. The fourth-order valence-corrected chi connectivity index (χ4v) is 1.71. The normalized spacial score (nSPS) is 14.0. The Hall–Kier alpha value is -1.14. The summed E-state index contributed by atoms with van der Waals surface area (Å²) in [7, 11) is -1.07. The van der Waals surface area contributed by atoms with Crippen molar-refractivity contribution in [1.82, 2.24) is 5.32 Å². The highest BCUT2D eigenvalue weighted by molar-refractivity contribution is 7.84. The highest BCUT2D eigenvalue weighted by Crippen LogP contribution is 2.28. The summed E-state index contributed by atoms with van der Waals surface area (Å²) in [6.07, 6.45) is 1.52. The van der Waals surface area contributed by atoms with Crippen LogP contribution in [0.5, 0.6) is 5.75 Å². The Morgan fingerprint density at radius 1 is 1.61 bits per heavy atom. The summed E-state index contributed by atoms with van der Waals surface area (Å²) in [6.45, 7) is 1.87. The molecule has 2 N–H and O–H groups in total. The van der Waals surface area contributed by atoms with Gasteiger partial charge in [0.05, 0.1) is 10.6 Å². The Labute approximate surface area is 112 Å². The van der Waals surface area contributed by atoms with Crippen LogP contribution in [0.2, 0.25) is 5.02 Å². The number of amides is 1. The molecule has 18 heavy (non-hydrogen) atoms. The molecule has 100 valence electrons. The molecule has 4 nitrogen and oxygen atoms in total. The third-order valence-corrected chi connectivity index (χ3v) is 3.98. The van der Waals surface area contributed by atoms with Gasteiger partial charge in [0, 0.05) is 28.9 Å². The van der Waals surface area contributed by atoms with E-state index in [1.165, 1.54) is 6.26 Å². The van der Waals surface area contributed by atoms with Gasteiger partial charge in [-0.15, -0.1) is 0 Å². The van der Waals surface area contributed by atoms with Crippen molar-refractivity contribution in [3.8, 4) is 5.75 Å². The van der Waals surface area contributed by atoms with Gasteiger partial charge in [-0.25, -0.2) is 4.39 Å². The smallest absolute Gasteiger partial charge is 0.255 e. The van der Waals surface area contributed by atoms with Crippen LogP contribution in [-0.4, -0.2) is 33.3 Å². The van der Waals surface area contributed by atoms with Gasteiger partial charge in [0.15, 0.2) is 0 Å². The van der Waals surface area contributed by atoms with Gasteiger partial charge >= 0.3 is 0 Å². The van der Waals surface area contributed by atoms with E-state index in [1.54, 1.807) is 6.92 Å². The van der Waals surface area contributed by atoms with Crippen molar-refractivity contribution in [2.75, 3.05) is 12.8 Å². The van der Waals surface area contributed by atoms with Crippen molar-refractivity contribution in [3.63, 3.8) is 0 Å². The van der Waals surface area contributed by atoms with Gasteiger partial charge in [0.1, 0.15) is 11.6 Å². The number of halogens is 2. The molecule has 0 aliphatic rings. The molecule has 1 aromatic carbocycles. The third kappa shape index (κ3) is 3.68. The number of hydrogen-bond acceptors (Lipinski definition) is 3. The van der Waals surface area contributed by atoms with Gasteiger partial charge in [0.25, 0.3) is 5.91 Å². The zero-order valence-electron chi connectivity index (χ0n) is 9.87. The first-order valence-electron chi connectivity index (χ1n) is 5.11. The number of phenolic OH excluding ortho intramolecular Hbond substituents is 1. The van der Waals surface area contributed by atoms with Crippen LogP contribution >= 0.6 is 11.6 Å². The summed E-state index contributed by atoms with van der Waals surface area (Å²) >= 11 is 5.56. The number of nitrogens with one attached hydrogen (secondary N) is 1. The Morgan fingerprint density at radius 2 is 2.22 bits per heavy atom. The molecule has 1 amide bonds. The summed E-state index contributed by atoms with van der Waals surface area (Å²) in [5.41, 5.74) is -0.242. The van der Waals surface area contributed by atoms with Crippen LogP contribution in [0, 0.1) is 5.82 Å². The van der Waals surface area contributed by atoms with Crippen LogP contribution in [0.15, 0.2) is 12.1 Å². The second-order valence-corrected chi connectivity index (χ2v) is 6.01. The van der Waals surface area contributed by atoms with E-state index in [9.17, 15) is 18.5 Å². The first kappa shape index (κ1) is 14.9. The molecule has 2 atom stereocenters. The van der Waals surface area contributed by atoms with Crippen molar-refractivity contribution in [2.45, 2.75) is 12.2 Å². The van der Waals surface area contributed by atoms with E-state index in [0.717, 1.165) is 12.1 Å². The minimum Gasteiger partial charge on any atom is -0.506 e. The van der Waals surface area contributed by atoms with Gasteiger partial charge in [-0.2, -0.15) is 0 Å². The summed E-state index contributed by atoms with van der Waals surface area (Å²) in [5, 5.41) is 11.5. The molecule has 1 rings (SSSR count). The molecule has 0 bridgehead atoms. The van der Waals surface area contributed by atoms with Gasteiger partial charge < -0.3 is 10.4 Å². The van der Waals surface area contributed by atoms with E-state index < -0.39 is 28.3 Å². The first-order valence-corrected chi connectivity index (χ1v) is 7.11. The van der Waals surface area contributed by atoms with Gasteiger partial charge in [-0.05, 0) is 19.1 Å². The molecule has 0 aromatic heterocycles. The van der Waals surface area contributed by atoms with E-state index in [1.807, 2.05) is 0 Å². The number of phenols is 1. The van der Waals surface area contributed by atoms with Crippen molar-refractivity contribution < 1.29 is 18.5 Å². The maximum atomic E-state index is 13.1. The number of carbonyl (C=O) groups excluding carboxylic acids is 1. The molecule has 7 heteroatoms. The molecule has 0 spiro atoms. The predicted octanol–water partition coefficient (Wildman–Crippen LogP) is 1.68. The SMILES string of the molecule is C[C@@H](CNC(=O)c1cc(F)cc(Cl)c1O)[S@](C)=O. The Bertz CT molecular complexity index is 495. The summed E-state index contributed by atoms with van der Waals surface area (Å²) in [4.78, 5) is 11.7. The minimum absolute atomic E-state index is 0.162. The number of benzene rings is 1. The van der Waals surface area contributed by atoms with Crippen LogP contribution in [0.25, 0.3) is 0 Å². The number of carbonyl (C=O) groups is 1. The van der Waals surface area contributed by atoms with E-state index in [-0.39, 0.29) is 22.4 Å². The van der Waals surface area contributed by atoms with Crippen LogP contribution in [0.4, 0.5) is 4.39 Å². The maximum absolute atomic E-state index is 13.1. The van der Waals surface area contributed by atoms with E-state index in [2.05, 4.69) is 5.32 Å². The Balaban J connectivity index is 2.82. The zero-order valence-corrected chi connectivity index (χ0v) is 11.4. The topological polar surface area (TPSA) is 66.4 Å². The molecule has 0 fully saturated rings.